The molecule has 0 spiro atoms. The van der Waals surface area contributed by atoms with Gasteiger partial charge in [0.05, 0.1) is 5.56 Å². The lowest BCUT2D eigenvalue weighted by Gasteiger charge is -2.25. The number of ether oxygens (including phenoxy) is 1. The Morgan fingerprint density at radius 2 is 2.05 bits per heavy atom. The smallest absolute Gasteiger partial charge is 0.417 e. The lowest BCUT2D eigenvalue weighted by molar-refractivity contribution is -0.136. The van der Waals surface area contributed by atoms with Crippen LogP contribution in [-0.4, -0.2) is 12.0 Å². The summed E-state index contributed by atoms with van der Waals surface area (Å²) in [6, 6.07) is 3.45. The van der Waals surface area contributed by atoms with Gasteiger partial charge in [-0.05, 0) is 31.4 Å². The van der Waals surface area contributed by atoms with Crippen molar-refractivity contribution in [2.75, 3.05) is 0 Å². The van der Waals surface area contributed by atoms with Gasteiger partial charge in [-0.15, -0.1) is 0 Å². The molecule has 0 radical (unpaired) electrons. The van der Waals surface area contributed by atoms with Crippen molar-refractivity contribution in [2.45, 2.75) is 31.5 Å². The minimum Gasteiger partial charge on any atom is -0.461 e. The van der Waals surface area contributed by atoms with E-state index in [1.54, 1.807) is 0 Å². The van der Waals surface area contributed by atoms with E-state index in [-0.39, 0.29) is 28.6 Å². The van der Waals surface area contributed by atoms with E-state index >= 15 is 0 Å². The second-order valence-electron chi connectivity index (χ2n) is 4.98. The number of hydrogen-bond donors (Lipinski definition) is 1. The average molecular weight is 299 g/mol. The first kappa shape index (κ1) is 13.8. The van der Waals surface area contributed by atoms with Crippen LogP contribution in [0.25, 0.3) is 11.0 Å². The van der Waals surface area contributed by atoms with Crippen molar-refractivity contribution in [3.8, 4) is 5.95 Å². The fraction of sp³-hybridized carbons (Fsp3) is 0.357. The van der Waals surface area contributed by atoms with Crippen LogP contribution >= 0.6 is 0 Å². The Morgan fingerprint density at radius 3 is 2.57 bits per heavy atom. The molecular formula is C14H12F3NO3. The van der Waals surface area contributed by atoms with Crippen molar-refractivity contribution < 1.29 is 27.1 Å². The number of fused-ring (bicyclic) bond motifs is 1. The number of primary amides is 1. The van der Waals surface area contributed by atoms with Crippen LogP contribution in [0.5, 0.6) is 5.95 Å². The quantitative estimate of drug-likeness (QED) is 0.943. The van der Waals surface area contributed by atoms with Gasteiger partial charge in [-0.3, -0.25) is 4.79 Å². The zero-order valence-corrected chi connectivity index (χ0v) is 10.9. The molecule has 0 saturated heterocycles. The van der Waals surface area contributed by atoms with Crippen LogP contribution in [0.3, 0.4) is 0 Å². The first-order valence-corrected chi connectivity index (χ1v) is 6.47. The molecule has 1 fully saturated rings. The third-order valence-electron chi connectivity index (χ3n) is 3.56. The van der Waals surface area contributed by atoms with Gasteiger partial charge in [0.2, 0.25) is 0 Å². The van der Waals surface area contributed by atoms with E-state index in [4.69, 9.17) is 14.9 Å². The minimum atomic E-state index is -4.61. The molecule has 3 rings (SSSR count). The Kier molecular flexibility index (Phi) is 3.07. The number of nitrogens with two attached hydrogens (primary N) is 1. The summed E-state index contributed by atoms with van der Waals surface area (Å²) >= 11 is 0. The van der Waals surface area contributed by atoms with Crippen molar-refractivity contribution in [1.29, 1.82) is 0 Å². The summed E-state index contributed by atoms with van der Waals surface area (Å²) in [5.74, 6) is -1.22. The molecule has 2 N–H and O–H groups in total. The van der Waals surface area contributed by atoms with Crippen LogP contribution in [0.1, 0.15) is 35.2 Å². The molecule has 1 heterocycles. The molecule has 112 valence electrons. The van der Waals surface area contributed by atoms with Crippen molar-refractivity contribution in [3.05, 3.63) is 29.3 Å². The maximum absolute atomic E-state index is 13.1. The van der Waals surface area contributed by atoms with E-state index in [0.717, 1.165) is 25.3 Å². The van der Waals surface area contributed by atoms with Crippen LogP contribution in [-0.2, 0) is 6.18 Å². The first-order valence-electron chi connectivity index (χ1n) is 6.47. The summed E-state index contributed by atoms with van der Waals surface area (Å²) in [5, 5.41) is -0.341. The van der Waals surface area contributed by atoms with Gasteiger partial charge in [0.1, 0.15) is 17.3 Å². The zero-order chi connectivity index (χ0) is 15.2. The fourth-order valence-corrected chi connectivity index (χ4v) is 2.31. The maximum Gasteiger partial charge on any atom is 0.417 e. The molecular weight excluding hydrogens is 287 g/mol. The van der Waals surface area contributed by atoms with E-state index < -0.39 is 17.6 Å². The molecule has 1 saturated carbocycles. The Hall–Kier alpha value is -2.18. The number of benzene rings is 1. The van der Waals surface area contributed by atoms with Crippen LogP contribution < -0.4 is 10.5 Å². The van der Waals surface area contributed by atoms with E-state index in [1.165, 1.54) is 12.1 Å². The van der Waals surface area contributed by atoms with Gasteiger partial charge in [-0.2, -0.15) is 13.2 Å². The predicted octanol–water partition coefficient (Wildman–Crippen LogP) is 3.48. The Morgan fingerprint density at radius 1 is 1.33 bits per heavy atom. The number of hydrogen-bond acceptors (Lipinski definition) is 3. The lowest BCUT2D eigenvalue weighted by atomic mass is 9.96. The number of rotatable bonds is 3. The van der Waals surface area contributed by atoms with Crippen LogP contribution in [0.2, 0.25) is 0 Å². The standard InChI is InChI=1S/C14H12F3NO3/c15-14(16,17)8-5-2-6-9-10(8)11(12(18)19)13(21-9)20-7-3-1-4-7/h2,5-7H,1,3-4H2,(H2,18,19). The highest BCUT2D eigenvalue weighted by molar-refractivity contribution is 6.09. The van der Waals surface area contributed by atoms with Gasteiger partial charge in [-0.25, -0.2) is 0 Å². The van der Waals surface area contributed by atoms with Crippen LogP contribution in [0, 0.1) is 0 Å². The molecule has 1 aromatic carbocycles. The second kappa shape index (κ2) is 4.68. The van der Waals surface area contributed by atoms with E-state index in [1.807, 2.05) is 0 Å². The highest BCUT2D eigenvalue weighted by atomic mass is 19.4. The second-order valence-corrected chi connectivity index (χ2v) is 4.98. The highest BCUT2D eigenvalue weighted by Crippen LogP contribution is 2.41. The van der Waals surface area contributed by atoms with E-state index in [2.05, 4.69) is 0 Å². The molecule has 1 aromatic heterocycles. The van der Waals surface area contributed by atoms with Crippen LogP contribution in [0.15, 0.2) is 22.6 Å². The molecule has 0 atom stereocenters. The number of amides is 1. The maximum atomic E-state index is 13.1. The van der Waals surface area contributed by atoms with Crippen molar-refractivity contribution in [1.82, 2.24) is 0 Å². The summed E-state index contributed by atoms with van der Waals surface area (Å²) in [5.41, 5.74) is 3.86. The van der Waals surface area contributed by atoms with Gasteiger partial charge < -0.3 is 14.9 Å². The molecule has 0 aliphatic heterocycles. The molecule has 0 bridgehead atoms. The largest absolute Gasteiger partial charge is 0.461 e. The number of carbonyl (C=O) groups excluding carboxylic acids is 1. The SMILES string of the molecule is NC(=O)c1c(OC2CCC2)oc2cccc(C(F)(F)F)c12. The number of alkyl halides is 3. The normalized spacial score (nSPS) is 16.0. The molecule has 0 unspecified atom stereocenters. The highest BCUT2D eigenvalue weighted by Gasteiger charge is 2.37. The van der Waals surface area contributed by atoms with E-state index in [9.17, 15) is 18.0 Å². The Bertz CT molecular complexity index is 701. The molecule has 4 nitrogen and oxygen atoms in total. The lowest BCUT2D eigenvalue weighted by Crippen LogP contribution is -2.25. The third kappa shape index (κ3) is 2.32. The summed E-state index contributed by atoms with van der Waals surface area (Å²) in [7, 11) is 0. The average Bonchev–Trinajstić information content (AvgIpc) is 2.70. The summed E-state index contributed by atoms with van der Waals surface area (Å²) in [4.78, 5) is 11.6. The number of carbonyl (C=O) groups is 1. The van der Waals surface area contributed by atoms with Crippen LogP contribution in [0.4, 0.5) is 13.2 Å². The predicted molar refractivity (Wildman–Crippen MR) is 68.0 cm³/mol. The van der Waals surface area contributed by atoms with Crippen molar-refractivity contribution >= 4 is 16.9 Å². The van der Waals surface area contributed by atoms with Gasteiger partial charge in [0, 0.05) is 5.39 Å². The number of furan rings is 1. The first-order chi connectivity index (χ1) is 9.88. The summed E-state index contributed by atoms with van der Waals surface area (Å²) < 4.78 is 50.0. The van der Waals surface area contributed by atoms with Crippen molar-refractivity contribution in [2.24, 2.45) is 5.73 Å². The van der Waals surface area contributed by atoms with Gasteiger partial charge in [0.15, 0.2) is 0 Å². The molecule has 1 amide bonds. The molecule has 21 heavy (non-hydrogen) atoms. The fourth-order valence-electron chi connectivity index (χ4n) is 2.31. The summed E-state index contributed by atoms with van der Waals surface area (Å²) in [6.07, 6.45) is -2.22. The van der Waals surface area contributed by atoms with E-state index in [0.29, 0.717) is 0 Å². The minimum absolute atomic E-state index is 0.0621. The Balaban J connectivity index is 2.20. The van der Waals surface area contributed by atoms with Gasteiger partial charge in [0.25, 0.3) is 11.9 Å². The molecule has 2 aromatic rings. The number of halogens is 3. The van der Waals surface area contributed by atoms with Gasteiger partial charge in [-0.1, -0.05) is 6.07 Å². The third-order valence-corrected chi connectivity index (χ3v) is 3.56. The zero-order valence-electron chi connectivity index (χ0n) is 10.9. The topological polar surface area (TPSA) is 65.5 Å². The Labute approximate surface area is 117 Å². The molecule has 1 aliphatic carbocycles. The molecule has 7 heteroatoms. The van der Waals surface area contributed by atoms with Crippen molar-refractivity contribution in [3.63, 3.8) is 0 Å². The summed E-state index contributed by atoms with van der Waals surface area (Å²) in [6.45, 7) is 0. The molecule has 1 aliphatic rings. The van der Waals surface area contributed by atoms with Gasteiger partial charge >= 0.3 is 6.18 Å². The monoisotopic (exact) mass is 299 g/mol.